The fourth-order valence-electron chi connectivity index (χ4n) is 3.62. The molecule has 0 saturated carbocycles. The number of nitrogens with one attached hydrogen (secondary N) is 1. The van der Waals surface area contributed by atoms with Gasteiger partial charge in [-0.25, -0.2) is 4.79 Å². The molecular weight excluding hydrogens is 718 g/mol. The summed E-state index contributed by atoms with van der Waals surface area (Å²) >= 11 is 9.59. The van der Waals surface area contributed by atoms with E-state index in [1.165, 1.54) is 17.0 Å². The van der Waals surface area contributed by atoms with Crippen molar-refractivity contribution in [2.75, 3.05) is 4.90 Å². The maximum atomic E-state index is 13.4. The average molecular weight is 738 g/mol. The quantitative estimate of drug-likeness (QED) is 0.148. The van der Waals surface area contributed by atoms with E-state index in [4.69, 9.17) is 22.1 Å². The molecule has 2 N–H and O–H groups in total. The summed E-state index contributed by atoms with van der Waals surface area (Å²) in [4.78, 5) is 38.4. The largest absolute Gasteiger partial charge is 0.487 e. The molecule has 1 aliphatic heterocycles. The Bertz CT molecular complexity index is 1460. The summed E-state index contributed by atoms with van der Waals surface area (Å²) in [6.45, 7) is 4.19. The lowest BCUT2D eigenvalue weighted by Gasteiger charge is -2.29. The maximum absolute atomic E-state index is 13.4. The molecule has 0 bridgehead atoms. The van der Waals surface area contributed by atoms with Gasteiger partial charge in [0.1, 0.15) is 17.9 Å². The highest BCUT2D eigenvalue weighted by atomic mass is 127. The third kappa shape index (κ3) is 6.02. The second-order valence-electron chi connectivity index (χ2n) is 8.33. The predicted molar refractivity (Wildman–Crippen MR) is 162 cm³/mol. The third-order valence-corrected chi connectivity index (χ3v) is 7.65. The number of aryl methyl sites for hydroxylation is 2. The van der Waals surface area contributed by atoms with Gasteiger partial charge >= 0.3 is 5.97 Å². The molecule has 0 aliphatic carbocycles. The van der Waals surface area contributed by atoms with Crippen LogP contribution in [-0.2, 0) is 16.2 Å². The Morgan fingerprint density at radius 3 is 2.27 bits per heavy atom. The first kappa shape index (κ1) is 27.2. The molecule has 0 spiro atoms. The normalized spacial score (nSPS) is 14.6. The summed E-state index contributed by atoms with van der Waals surface area (Å²) in [5.41, 5.74) is 4.37. The van der Waals surface area contributed by atoms with E-state index in [1.54, 1.807) is 24.3 Å². The van der Waals surface area contributed by atoms with E-state index in [-0.39, 0.29) is 22.9 Å². The molecule has 1 aliphatic rings. The zero-order valence-corrected chi connectivity index (χ0v) is 24.8. The van der Waals surface area contributed by atoms with E-state index in [2.05, 4.69) is 50.5 Å². The first-order valence-corrected chi connectivity index (χ1v) is 13.5. The molecule has 37 heavy (non-hydrogen) atoms. The van der Waals surface area contributed by atoms with Gasteiger partial charge in [0.05, 0.1) is 18.4 Å². The highest BCUT2D eigenvalue weighted by Crippen LogP contribution is 2.31. The summed E-state index contributed by atoms with van der Waals surface area (Å²) in [6.07, 6.45) is 1.55. The summed E-state index contributed by atoms with van der Waals surface area (Å²) in [5, 5.41) is 11.7. The summed E-state index contributed by atoms with van der Waals surface area (Å²) in [7, 11) is 0. The number of carboxylic acids is 1. The van der Waals surface area contributed by atoms with E-state index in [0.717, 1.165) is 23.8 Å². The number of hydrogen-bond donors (Lipinski definition) is 2. The number of amides is 2. The van der Waals surface area contributed by atoms with E-state index in [9.17, 15) is 14.4 Å². The van der Waals surface area contributed by atoms with E-state index in [0.29, 0.717) is 17.0 Å². The number of ether oxygens (including phenoxy) is 1. The Labute approximate surface area is 246 Å². The molecule has 0 atom stereocenters. The van der Waals surface area contributed by atoms with Crippen LogP contribution in [-0.4, -0.2) is 28.0 Å². The zero-order chi connectivity index (χ0) is 26.9. The fourth-order valence-corrected chi connectivity index (χ4v) is 6.03. The minimum atomic E-state index is -0.981. The smallest absolute Gasteiger partial charge is 0.335 e. The Morgan fingerprint density at radius 1 is 1.03 bits per heavy atom. The van der Waals surface area contributed by atoms with E-state index in [1.807, 2.05) is 38.1 Å². The van der Waals surface area contributed by atoms with Crippen LogP contribution in [0.5, 0.6) is 5.75 Å². The van der Waals surface area contributed by atoms with Crippen LogP contribution in [0.25, 0.3) is 6.08 Å². The molecule has 3 aromatic carbocycles. The number of carbonyl (C=O) groups excluding carboxylic acids is 2. The minimum absolute atomic E-state index is 0.0226. The van der Waals surface area contributed by atoms with Crippen molar-refractivity contribution in [3.63, 3.8) is 0 Å². The number of benzene rings is 3. The SMILES string of the molecule is Cc1ccc(N2C(=O)/C(=C/c3cc(I)c(OCc4ccc(C(=O)O)cc4)c(I)c3)C(=O)NC2=S)cc1C. The third-order valence-electron chi connectivity index (χ3n) is 5.77. The molecule has 3 aromatic rings. The van der Waals surface area contributed by atoms with Gasteiger partial charge in [0.15, 0.2) is 5.11 Å². The monoisotopic (exact) mass is 738 g/mol. The molecular formula is C27H20I2N2O5S. The second kappa shape index (κ2) is 11.3. The number of nitrogens with zero attached hydrogens (tertiary/aromatic N) is 1. The molecule has 188 valence electrons. The van der Waals surface area contributed by atoms with Crippen molar-refractivity contribution in [2.45, 2.75) is 20.5 Å². The van der Waals surface area contributed by atoms with Gasteiger partial charge in [-0.2, -0.15) is 0 Å². The molecule has 0 radical (unpaired) electrons. The summed E-state index contributed by atoms with van der Waals surface area (Å²) in [5.74, 6) is -1.37. The van der Waals surface area contributed by atoms with E-state index < -0.39 is 17.8 Å². The van der Waals surface area contributed by atoms with Crippen molar-refractivity contribution in [3.05, 3.63) is 95.1 Å². The van der Waals surface area contributed by atoms with Gasteiger partial charge in [0, 0.05) is 0 Å². The maximum Gasteiger partial charge on any atom is 0.335 e. The van der Waals surface area contributed by atoms with Crippen LogP contribution in [0.15, 0.2) is 60.2 Å². The molecule has 0 unspecified atom stereocenters. The number of anilines is 1. The highest BCUT2D eigenvalue weighted by molar-refractivity contribution is 14.1. The molecule has 4 rings (SSSR count). The van der Waals surface area contributed by atoms with Crippen LogP contribution >= 0.6 is 57.4 Å². The minimum Gasteiger partial charge on any atom is -0.487 e. The zero-order valence-electron chi connectivity index (χ0n) is 19.7. The number of carbonyl (C=O) groups is 3. The Balaban J connectivity index is 1.58. The van der Waals surface area contributed by atoms with Crippen LogP contribution in [0.1, 0.15) is 32.6 Å². The Hall–Kier alpha value is -2.84. The van der Waals surface area contributed by atoms with Gasteiger partial charge in [-0.1, -0.05) is 18.2 Å². The van der Waals surface area contributed by atoms with Crippen molar-refractivity contribution in [1.82, 2.24) is 5.32 Å². The van der Waals surface area contributed by atoms with Crippen LogP contribution in [0, 0.1) is 21.0 Å². The average Bonchev–Trinajstić information content (AvgIpc) is 2.83. The van der Waals surface area contributed by atoms with Crippen molar-refractivity contribution in [3.8, 4) is 5.75 Å². The van der Waals surface area contributed by atoms with Gasteiger partial charge in [-0.3, -0.25) is 19.8 Å². The lowest BCUT2D eigenvalue weighted by molar-refractivity contribution is -0.122. The van der Waals surface area contributed by atoms with Crippen LogP contribution in [0.2, 0.25) is 0 Å². The Kier molecular flexibility index (Phi) is 8.29. The number of thiocarbonyl (C=S) groups is 1. The number of hydrogen-bond acceptors (Lipinski definition) is 5. The lowest BCUT2D eigenvalue weighted by Crippen LogP contribution is -2.54. The summed E-state index contributed by atoms with van der Waals surface area (Å²) < 4.78 is 7.59. The van der Waals surface area contributed by atoms with Gasteiger partial charge in [0.25, 0.3) is 11.8 Å². The molecule has 1 fully saturated rings. The van der Waals surface area contributed by atoms with Crippen molar-refractivity contribution in [2.24, 2.45) is 0 Å². The molecule has 0 aromatic heterocycles. The number of carboxylic acid groups (broad SMARTS) is 1. The molecule has 7 nitrogen and oxygen atoms in total. The first-order chi connectivity index (χ1) is 17.5. The molecule has 1 heterocycles. The van der Waals surface area contributed by atoms with Crippen molar-refractivity contribution >= 4 is 92.1 Å². The predicted octanol–water partition coefficient (Wildman–Crippen LogP) is 5.62. The highest BCUT2D eigenvalue weighted by Gasteiger charge is 2.34. The number of rotatable bonds is 6. The number of aromatic carboxylic acids is 1. The molecule has 10 heteroatoms. The van der Waals surface area contributed by atoms with E-state index >= 15 is 0 Å². The van der Waals surface area contributed by atoms with Crippen LogP contribution < -0.4 is 15.0 Å². The van der Waals surface area contributed by atoms with Crippen LogP contribution in [0.3, 0.4) is 0 Å². The van der Waals surface area contributed by atoms with Gasteiger partial charge in [-0.15, -0.1) is 0 Å². The first-order valence-electron chi connectivity index (χ1n) is 11.0. The summed E-state index contributed by atoms with van der Waals surface area (Å²) in [6, 6.07) is 15.7. The van der Waals surface area contributed by atoms with Crippen molar-refractivity contribution < 1.29 is 24.2 Å². The van der Waals surface area contributed by atoms with Gasteiger partial charge < -0.3 is 9.84 Å². The Morgan fingerprint density at radius 2 is 1.68 bits per heavy atom. The topological polar surface area (TPSA) is 95.9 Å². The molecule has 2 amide bonds. The number of halogens is 2. The van der Waals surface area contributed by atoms with Gasteiger partial charge in [0.2, 0.25) is 0 Å². The van der Waals surface area contributed by atoms with Crippen molar-refractivity contribution in [1.29, 1.82) is 0 Å². The lowest BCUT2D eigenvalue weighted by atomic mass is 10.1. The standard InChI is InChI=1S/C27H20I2N2O5S/c1-14-3-8-19(9-15(14)2)31-25(33)20(24(32)30-27(31)37)10-17-11-21(28)23(22(29)12-17)36-13-16-4-6-18(7-5-16)26(34)35/h3-12H,13H2,1-2H3,(H,34,35)(H,30,32,37)/b20-10+. The van der Waals surface area contributed by atoms with Gasteiger partial charge in [-0.05, 0) is 136 Å². The second-order valence-corrected chi connectivity index (χ2v) is 11.0. The van der Waals surface area contributed by atoms with Crippen LogP contribution in [0.4, 0.5) is 5.69 Å². The fraction of sp³-hybridized carbons (Fsp3) is 0.111. The molecule has 1 saturated heterocycles.